The van der Waals surface area contributed by atoms with Crippen LogP contribution >= 0.6 is 0 Å². The highest BCUT2D eigenvalue weighted by atomic mass is 32.2. The number of likely N-dealkylation sites (tertiary alicyclic amines) is 1. The second-order valence-corrected chi connectivity index (χ2v) is 10.5. The number of fused-ring (bicyclic) bond motifs is 2. The van der Waals surface area contributed by atoms with Crippen LogP contribution in [0.25, 0.3) is 0 Å². The first-order valence-corrected chi connectivity index (χ1v) is 12.3. The maximum atomic E-state index is 12.6. The summed E-state index contributed by atoms with van der Waals surface area (Å²) in [7, 11) is -3.32. The zero-order valence-electron chi connectivity index (χ0n) is 16.8. The van der Waals surface area contributed by atoms with Crippen LogP contribution in [0.1, 0.15) is 50.3 Å². The summed E-state index contributed by atoms with van der Waals surface area (Å²) in [6.07, 6.45) is 8.91. The highest BCUT2D eigenvalue weighted by Crippen LogP contribution is 2.36. The van der Waals surface area contributed by atoms with Crippen LogP contribution in [0, 0.1) is 5.92 Å². The van der Waals surface area contributed by atoms with E-state index in [1.807, 2.05) is 10.6 Å². The number of aryl methyl sites for hydroxylation is 1. The summed E-state index contributed by atoms with van der Waals surface area (Å²) in [6.45, 7) is 4.36. The standard InChI is InChI=1S/C22H31N3O2S/c1-2-28(26,27)22-23-15-21(17-24-16-19-10-6-12-20(24)14-19)25(22)13-7-11-18-8-4-3-5-9-18/h3-5,8-9,15,19-20H,2,6-7,10-14,16-17H2,1H3/t19-,20+/m1/s1. The number of aromatic nitrogens is 2. The second kappa shape index (κ2) is 8.37. The Balaban J connectivity index is 1.52. The van der Waals surface area contributed by atoms with Crippen LogP contribution in [0.15, 0.2) is 41.7 Å². The molecule has 0 amide bonds. The Hall–Kier alpha value is -1.66. The Bertz CT molecular complexity index is 892. The smallest absolute Gasteiger partial charge is 0.227 e. The molecule has 1 aliphatic carbocycles. The summed E-state index contributed by atoms with van der Waals surface area (Å²) in [5, 5.41) is 0.250. The van der Waals surface area contributed by atoms with Crippen molar-refractivity contribution in [1.82, 2.24) is 14.5 Å². The van der Waals surface area contributed by atoms with Gasteiger partial charge in [-0.1, -0.05) is 43.7 Å². The van der Waals surface area contributed by atoms with Gasteiger partial charge in [-0.25, -0.2) is 13.4 Å². The lowest BCUT2D eigenvalue weighted by atomic mass is 9.90. The molecule has 2 fully saturated rings. The molecular weight excluding hydrogens is 370 g/mol. The number of rotatable bonds is 8. The van der Waals surface area contributed by atoms with Crippen molar-refractivity contribution < 1.29 is 8.42 Å². The largest absolute Gasteiger partial charge is 0.318 e. The first-order chi connectivity index (χ1) is 13.6. The third-order valence-electron chi connectivity index (χ3n) is 6.38. The fraction of sp³-hybridized carbons (Fsp3) is 0.591. The number of imidazole rings is 1. The molecule has 1 aromatic carbocycles. The Morgan fingerprint density at radius 3 is 2.75 bits per heavy atom. The van der Waals surface area contributed by atoms with Crippen LogP contribution in [0.5, 0.6) is 0 Å². The maximum absolute atomic E-state index is 12.6. The number of benzene rings is 1. The lowest BCUT2D eigenvalue weighted by Crippen LogP contribution is -2.29. The molecule has 0 spiro atoms. The Kier molecular flexibility index (Phi) is 5.88. The van der Waals surface area contributed by atoms with Crippen LogP contribution in [-0.2, 0) is 29.3 Å². The van der Waals surface area contributed by atoms with Crippen LogP contribution in [0.2, 0.25) is 0 Å². The van der Waals surface area contributed by atoms with Crippen molar-refractivity contribution in [3.63, 3.8) is 0 Å². The van der Waals surface area contributed by atoms with Gasteiger partial charge in [-0.3, -0.25) is 4.90 Å². The van der Waals surface area contributed by atoms with E-state index in [2.05, 4.69) is 34.1 Å². The minimum atomic E-state index is -3.32. The lowest BCUT2D eigenvalue weighted by Gasteiger charge is -2.25. The molecule has 2 bridgehead atoms. The molecular formula is C22H31N3O2S. The van der Waals surface area contributed by atoms with Gasteiger partial charge in [-0.15, -0.1) is 0 Å². The van der Waals surface area contributed by atoms with Gasteiger partial charge in [0, 0.05) is 25.7 Å². The minimum absolute atomic E-state index is 0.0938. The molecule has 1 saturated carbocycles. The van der Waals surface area contributed by atoms with E-state index in [1.165, 1.54) is 31.2 Å². The van der Waals surface area contributed by atoms with Crippen molar-refractivity contribution in [3.05, 3.63) is 47.8 Å². The SMILES string of the molecule is CCS(=O)(=O)c1ncc(CN2C[C@@H]3CCC[C@H]2C3)n1CCCc1ccccc1. The Morgan fingerprint density at radius 1 is 1.18 bits per heavy atom. The molecule has 0 unspecified atom stereocenters. The molecule has 28 heavy (non-hydrogen) atoms. The fourth-order valence-corrected chi connectivity index (χ4v) is 5.88. The summed E-state index contributed by atoms with van der Waals surface area (Å²) < 4.78 is 27.2. The van der Waals surface area contributed by atoms with Gasteiger partial charge in [0.05, 0.1) is 17.6 Å². The van der Waals surface area contributed by atoms with Crippen molar-refractivity contribution in [2.75, 3.05) is 12.3 Å². The highest BCUT2D eigenvalue weighted by molar-refractivity contribution is 7.91. The van der Waals surface area contributed by atoms with E-state index in [-0.39, 0.29) is 10.9 Å². The van der Waals surface area contributed by atoms with Crippen molar-refractivity contribution in [2.24, 2.45) is 5.92 Å². The third-order valence-corrected chi connectivity index (χ3v) is 8.02. The van der Waals surface area contributed by atoms with E-state index in [0.29, 0.717) is 12.6 Å². The molecule has 4 rings (SSSR count). The monoisotopic (exact) mass is 401 g/mol. The zero-order chi connectivity index (χ0) is 19.6. The van der Waals surface area contributed by atoms with Crippen molar-refractivity contribution in [2.45, 2.75) is 69.7 Å². The van der Waals surface area contributed by atoms with Crippen LogP contribution in [0.3, 0.4) is 0 Å². The van der Waals surface area contributed by atoms with E-state index in [0.717, 1.165) is 37.5 Å². The van der Waals surface area contributed by atoms with Gasteiger partial charge < -0.3 is 4.57 Å². The molecule has 2 atom stereocenters. The summed E-state index contributed by atoms with van der Waals surface area (Å²) in [6, 6.07) is 11.0. The summed E-state index contributed by atoms with van der Waals surface area (Å²) in [4.78, 5) is 6.92. The molecule has 152 valence electrons. The van der Waals surface area contributed by atoms with E-state index in [4.69, 9.17) is 0 Å². The molecule has 5 nitrogen and oxygen atoms in total. The molecule has 0 radical (unpaired) electrons. The summed E-state index contributed by atoms with van der Waals surface area (Å²) >= 11 is 0. The lowest BCUT2D eigenvalue weighted by molar-refractivity contribution is 0.230. The first-order valence-electron chi connectivity index (χ1n) is 10.6. The molecule has 6 heteroatoms. The zero-order valence-corrected chi connectivity index (χ0v) is 17.6. The number of hydrogen-bond acceptors (Lipinski definition) is 4. The van der Waals surface area contributed by atoms with Crippen LogP contribution in [-0.4, -0.2) is 41.2 Å². The van der Waals surface area contributed by atoms with Crippen molar-refractivity contribution in [3.8, 4) is 0 Å². The van der Waals surface area contributed by atoms with Crippen molar-refractivity contribution in [1.29, 1.82) is 0 Å². The van der Waals surface area contributed by atoms with Crippen LogP contribution in [0.4, 0.5) is 0 Å². The number of hydrogen-bond donors (Lipinski definition) is 0. The maximum Gasteiger partial charge on any atom is 0.227 e. The van der Waals surface area contributed by atoms with Gasteiger partial charge in [-0.2, -0.15) is 0 Å². The van der Waals surface area contributed by atoms with E-state index < -0.39 is 9.84 Å². The molecule has 1 aromatic heterocycles. The third kappa shape index (κ3) is 4.18. The molecule has 1 aliphatic heterocycles. The van der Waals surface area contributed by atoms with Gasteiger partial charge in [-0.05, 0) is 43.6 Å². The van der Waals surface area contributed by atoms with Crippen LogP contribution < -0.4 is 0 Å². The first kappa shape index (κ1) is 19.6. The summed E-state index contributed by atoms with van der Waals surface area (Å²) in [5.41, 5.74) is 2.34. The van der Waals surface area contributed by atoms with Gasteiger partial charge in [0.1, 0.15) is 0 Å². The Labute approximate surface area is 168 Å². The highest BCUT2D eigenvalue weighted by Gasteiger charge is 2.35. The average Bonchev–Trinajstić information content (AvgIpc) is 3.23. The van der Waals surface area contributed by atoms with Gasteiger partial charge in [0.25, 0.3) is 0 Å². The molecule has 2 aliphatic rings. The second-order valence-electron chi connectivity index (χ2n) is 8.29. The summed E-state index contributed by atoms with van der Waals surface area (Å²) in [5.74, 6) is 0.920. The fourth-order valence-electron chi connectivity index (χ4n) is 4.86. The minimum Gasteiger partial charge on any atom is -0.318 e. The van der Waals surface area contributed by atoms with E-state index in [1.54, 1.807) is 13.1 Å². The van der Waals surface area contributed by atoms with E-state index in [9.17, 15) is 8.42 Å². The van der Waals surface area contributed by atoms with E-state index >= 15 is 0 Å². The molecule has 0 N–H and O–H groups in total. The number of nitrogens with zero attached hydrogens (tertiary/aromatic N) is 3. The van der Waals surface area contributed by atoms with Gasteiger partial charge in [0.2, 0.25) is 15.0 Å². The normalized spacial score (nSPS) is 22.6. The van der Waals surface area contributed by atoms with Gasteiger partial charge in [0.15, 0.2) is 0 Å². The molecule has 2 aromatic rings. The molecule has 1 saturated heterocycles. The van der Waals surface area contributed by atoms with Gasteiger partial charge >= 0.3 is 0 Å². The predicted octanol–water partition coefficient (Wildman–Crippen LogP) is 3.68. The average molecular weight is 402 g/mol. The molecule has 2 heterocycles. The number of sulfone groups is 1. The predicted molar refractivity (Wildman–Crippen MR) is 111 cm³/mol. The Morgan fingerprint density at radius 2 is 2.00 bits per heavy atom. The topological polar surface area (TPSA) is 55.2 Å². The quantitative estimate of drug-likeness (QED) is 0.677. The van der Waals surface area contributed by atoms with Crippen molar-refractivity contribution >= 4 is 9.84 Å².